The molecule has 1 rings (SSSR count). The predicted molar refractivity (Wildman–Crippen MR) is 48.2 cm³/mol. The topological polar surface area (TPSA) is 29.5 Å². The van der Waals surface area contributed by atoms with Crippen molar-refractivity contribution in [3.05, 3.63) is 30.3 Å². The smallest absolute Gasteiger partial charge is 0.121 e. The van der Waals surface area contributed by atoms with Crippen LogP contribution >= 0.6 is 0 Å². The molecule has 0 aliphatic carbocycles. The molecule has 2 heteroatoms. The third-order valence-corrected chi connectivity index (χ3v) is 1.74. The third kappa shape index (κ3) is 2.55. The van der Waals surface area contributed by atoms with Crippen LogP contribution in [0.3, 0.4) is 0 Å². The molecular formula is C10H14O2. The molecule has 0 saturated heterocycles. The summed E-state index contributed by atoms with van der Waals surface area (Å²) in [7, 11) is 0. The van der Waals surface area contributed by atoms with Crippen LogP contribution in [0.5, 0.6) is 5.75 Å². The summed E-state index contributed by atoms with van der Waals surface area (Å²) in [5.41, 5.74) is 0. The second kappa shape index (κ2) is 4.12. The molecule has 66 valence electrons. The molecule has 2 atom stereocenters. The molecule has 0 aliphatic heterocycles. The lowest BCUT2D eigenvalue weighted by atomic mass is 10.2. The lowest BCUT2D eigenvalue weighted by Gasteiger charge is -2.16. The van der Waals surface area contributed by atoms with Gasteiger partial charge in [0.15, 0.2) is 0 Å². The van der Waals surface area contributed by atoms with Gasteiger partial charge in [0, 0.05) is 0 Å². The van der Waals surface area contributed by atoms with Crippen LogP contribution in [0.4, 0.5) is 0 Å². The zero-order valence-corrected chi connectivity index (χ0v) is 7.40. The predicted octanol–water partition coefficient (Wildman–Crippen LogP) is 1.83. The first-order valence-corrected chi connectivity index (χ1v) is 4.10. The molecular weight excluding hydrogens is 152 g/mol. The van der Waals surface area contributed by atoms with Gasteiger partial charge < -0.3 is 9.84 Å². The van der Waals surface area contributed by atoms with Gasteiger partial charge in [-0.3, -0.25) is 0 Å². The normalized spacial score (nSPS) is 15.2. The quantitative estimate of drug-likeness (QED) is 0.742. The summed E-state index contributed by atoms with van der Waals surface area (Å²) in [6, 6.07) is 9.49. The van der Waals surface area contributed by atoms with Crippen molar-refractivity contribution in [3.63, 3.8) is 0 Å². The highest BCUT2D eigenvalue weighted by Crippen LogP contribution is 2.11. The number of aliphatic hydroxyl groups is 1. The summed E-state index contributed by atoms with van der Waals surface area (Å²) in [4.78, 5) is 0. The molecule has 0 aromatic heterocycles. The van der Waals surface area contributed by atoms with E-state index in [0.29, 0.717) is 0 Å². The van der Waals surface area contributed by atoms with Crippen LogP contribution in [0.25, 0.3) is 0 Å². The number of rotatable bonds is 3. The van der Waals surface area contributed by atoms with Crippen LogP contribution in [-0.4, -0.2) is 17.3 Å². The maximum absolute atomic E-state index is 9.16. The second-order valence-corrected chi connectivity index (χ2v) is 2.88. The van der Waals surface area contributed by atoms with Crippen LogP contribution in [0, 0.1) is 0 Å². The monoisotopic (exact) mass is 166 g/mol. The van der Waals surface area contributed by atoms with Gasteiger partial charge in [0.05, 0.1) is 6.10 Å². The molecule has 0 radical (unpaired) electrons. The Hall–Kier alpha value is -1.02. The maximum atomic E-state index is 9.16. The van der Waals surface area contributed by atoms with Crippen LogP contribution < -0.4 is 4.74 Å². The molecule has 1 aromatic carbocycles. The van der Waals surface area contributed by atoms with E-state index >= 15 is 0 Å². The standard InChI is InChI=1S/C10H14O2/c1-8(11)9(2)12-10-6-4-3-5-7-10/h3-9,11H,1-2H3/t8-,9-/m1/s1. The first kappa shape index (κ1) is 9.07. The highest BCUT2D eigenvalue weighted by molar-refractivity contribution is 5.21. The molecule has 2 nitrogen and oxygen atoms in total. The van der Waals surface area contributed by atoms with Gasteiger partial charge in [-0.15, -0.1) is 0 Å². The molecule has 0 bridgehead atoms. The van der Waals surface area contributed by atoms with Gasteiger partial charge in [0.25, 0.3) is 0 Å². The van der Waals surface area contributed by atoms with E-state index in [4.69, 9.17) is 9.84 Å². The molecule has 0 saturated carbocycles. The Bertz CT molecular complexity index is 219. The third-order valence-electron chi connectivity index (χ3n) is 1.74. The van der Waals surface area contributed by atoms with Crippen molar-refractivity contribution in [2.75, 3.05) is 0 Å². The van der Waals surface area contributed by atoms with Crippen LogP contribution in [0.2, 0.25) is 0 Å². The SMILES string of the molecule is C[C@@H](O)[C@@H](C)Oc1ccccc1. The number of hydrogen-bond donors (Lipinski definition) is 1. The molecule has 1 aromatic rings. The highest BCUT2D eigenvalue weighted by atomic mass is 16.5. The van der Waals surface area contributed by atoms with Crippen molar-refractivity contribution >= 4 is 0 Å². The number of para-hydroxylation sites is 1. The van der Waals surface area contributed by atoms with Gasteiger partial charge in [-0.05, 0) is 26.0 Å². The van der Waals surface area contributed by atoms with Crippen molar-refractivity contribution in [1.29, 1.82) is 0 Å². The summed E-state index contributed by atoms with van der Waals surface area (Å²) in [6.45, 7) is 3.56. The van der Waals surface area contributed by atoms with E-state index in [9.17, 15) is 0 Å². The summed E-state index contributed by atoms with van der Waals surface area (Å²) >= 11 is 0. The molecule has 0 spiro atoms. The Kier molecular flexibility index (Phi) is 3.11. The zero-order valence-electron chi connectivity index (χ0n) is 7.40. The fourth-order valence-electron chi connectivity index (χ4n) is 0.812. The molecule has 0 amide bonds. The van der Waals surface area contributed by atoms with Crippen LogP contribution in [-0.2, 0) is 0 Å². The van der Waals surface area contributed by atoms with Gasteiger partial charge in [-0.2, -0.15) is 0 Å². The van der Waals surface area contributed by atoms with Crippen molar-refractivity contribution in [1.82, 2.24) is 0 Å². The summed E-state index contributed by atoms with van der Waals surface area (Å²) in [6.07, 6.45) is -0.599. The lowest BCUT2D eigenvalue weighted by Crippen LogP contribution is -2.25. The molecule has 12 heavy (non-hydrogen) atoms. The van der Waals surface area contributed by atoms with Crippen LogP contribution in [0.15, 0.2) is 30.3 Å². The largest absolute Gasteiger partial charge is 0.488 e. The first-order valence-electron chi connectivity index (χ1n) is 4.10. The van der Waals surface area contributed by atoms with Gasteiger partial charge in [-0.25, -0.2) is 0 Å². The van der Waals surface area contributed by atoms with Crippen molar-refractivity contribution in [3.8, 4) is 5.75 Å². The molecule has 0 heterocycles. The fourth-order valence-corrected chi connectivity index (χ4v) is 0.812. The Labute approximate surface area is 72.8 Å². The minimum absolute atomic E-state index is 0.160. The summed E-state index contributed by atoms with van der Waals surface area (Å²) in [5, 5.41) is 9.16. The van der Waals surface area contributed by atoms with E-state index in [2.05, 4.69) is 0 Å². The molecule has 0 fully saturated rings. The van der Waals surface area contributed by atoms with E-state index in [1.54, 1.807) is 6.92 Å². The van der Waals surface area contributed by atoms with Crippen LogP contribution in [0.1, 0.15) is 13.8 Å². The van der Waals surface area contributed by atoms with E-state index in [0.717, 1.165) is 5.75 Å². The van der Waals surface area contributed by atoms with Crippen molar-refractivity contribution in [2.45, 2.75) is 26.1 Å². The minimum atomic E-state index is -0.440. The van der Waals surface area contributed by atoms with Gasteiger partial charge in [0.2, 0.25) is 0 Å². The first-order chi connectivity index (χ1) is 5.70. The zero-order chi connectivity index (χ0) is 8.97. The van der Waals surface area contributed by atoms with Crippen molar-refractivity contribution in [2.24, 2.45) is 0 Å². The van der Waals surface area contributed by atoms with Gasteiger partial charge >= 0.3 is 0 Å². The molecule has 1 N–H and O–H groups in total. The minimum Gasteiger partial charge on any atom is -0.488 e. The Morgan fingerprint density at radius 1 is 1.17 bits per heavy atom. The van der Waals surface area contributed by atoms with E-state index in [-0.39, 0.29) is 6.10 Å². The molecule has 0 aliphatic rings. The van der Waals surface area contributed by atoms with E-state index in [1.165, 1.54) is 0 Å². The van der Waals surface area contributed by atoms with Crippen molar-refractivity contribution < 1.29 is 9.84 Å². The van der Waals surface area contributed by atoms with Gasteiger partial charge in [0.1, 0.15) is 11.9 Å². The summed E-state index contributed by atoms with van der Waals surface area (Å²) in [5.74, 6) is 0.797. The number of hydrogen-bond acceptors (Lipinski definition) is 2. The molecule has 0 unspecified atom stereocenters. The average molecular weight is 166 g/mol. The van der Waals surface area contributed by atoms with E-state index in [1.807, 2.05) is 37.3 Å². The Balaban J connectivity index is 2.53. The summed E-state index contributed by atoms with van der Waals surface area (Å²) < 4.78 is 5.43. The Morgan fingerprint density at radius 3 is 2.25 bits per heavy atom. The Morgan fingerprint density at radius 2 is 1.75 bits per heavy atom. The fraction of sp³-hybridized carbons (Fsp3) is 0.400. The van der Waals surface area contributed by atoms with Gasteiger partial charge in [-0.1, -0.05) is 18.2 Å². The highest BCUT2D eigenvalue weighted by Gasteiger charge is 2.09. The average Bonchev–Trinajstić information content (AvgIpc) is 2.06. The maximum Gasteiger partial charge on any atom is 0.121 e. The number of aliphatic hydroxyl groups excluding tert-OH is 1. The number of benzene rings is 1. The second-order valence-electron chi connectivity index (χ2n) is 2.88. The van der Waals surface area contributed by atoms with E-state index < -0.39 is 6.10 Å². The lowest BCUT2D eigenvalue weighted by molar-refractivity contribution is 0.0604. The number of ether oxygens (including phenoxy) is 1.